The van der Waals surface area contributed by atoms with Crippen LogP contribution in [0, 0.1) is 0 Å². The van der Waals surface area contributed by atoms with E-state index in [4.69, 9.17) is 5.11 Å². The van der Waals surface area contributed by atoms with Crippen molar-refractivity contribution in [2.75, 3.05) is 0 Å². The summed E-state index contributed by atoms with van der Waals surface area (Å²) in [4.78, 5) is 0. The highest BCUT2D eigenvalue weighted by Crippen LogP contribution is 1.94. The molecule has 1 aliphatic rings. The summed E-state index contributed by atoms with van der Waals surface area (Å²) in [5.41, 5.74) is 0. The van der Waals surface area contributed by atoms with Crippen LogP contribution >= 0.6 is 0 Å². The lowest BCUT2D eigenvalue weighted by Gasteiger charge is -1.96. The van der Waals surface area contributed by atoms with Gasteiger partial charge in [0.2, 0.25) is 0 Å². The van der Waals surface area contributed by atoms with Crippen LogP contribution in [0.1, 0.15) is 6.42 Å². The number of hydrogen-bond acceptors (Lipinski definition) is 2. The second-order valence-corrected chi connectivity index (χ2v) is 1.32. The van der Waals surface area contributed by atoms with Gasteiger partial charge in [-0.3, -0.25) is 0 Å². The van der Waals surface area contributed by atoms with E-state index in [0.717, 1.165) is 6.42 Å². The van der Waals surface area contributed by atoms with E-state index in [1.165, 1.54) is 0 Å². The zero-order valence-corrected chi connectivity index (χ0v) is 3.39. The van der Waals surface area contributed by atoms with Crippen molar-refractivity contribution in [2.24, 2.45) is 0 Å². The normalized spacial score (nSPS) is 30.5. The van der Waals surface area contributed by atoms with Crippen molar-refractivity contribution in [1.29, 1.82) is 0 Å². The van der Waals surface area contributed by atoms with Gasteiger partial charge in [-0.15, -0.1) is 0 Å². The van der Waals surface area contributed by atoms with E-state index in [1.54, 1.807) is 6.20 Å². The van der Waals surface area contributed by atoms with Crippen LogP contribution in [0.15, 0.2) is 12.3 Å². The molecule has 1 rings (SSSR count). The molecule has 0 aliphatic carbocycles. The van der Waals surface area contributed by atoms with E-state index in [9.17, 15) is 0 Å². The van der Waals surface area contributed by atoms with Crippen LogP contribution in [-0.4, -0.2) is 11.3 Å². The molecule has 6 heavy (non-hydrogen) atoms. The smallest absolute Gasteiger partial charge is 0.127 e. The predicted molar refractivity (Wildman–Crippen MR) is 22.9 cm³/mol. The standard InChI is InChI=1S/C4H7NO/c6-4-2-1-3-5-4/h1,3-6H,2H2. The molecule has 0 bridgehead atoms. The number of aliphatic hydroxyl groups is 1. The molecule has 0 spiro atoms. The van der Waals surface area contributed by atoms with Crippen molar-refractivity contribution in [3.8, 4) is 0 Å². The Hall–Kier alpha value is -0.500. The molecule has 0 fully saturated rings. The number of hydrogen-bond donors (Lipinski definition) is 2. The van der Waals surface area contributed by atoms with Gasteiger partial charge in [0.05, 0.1) is 0 Å². The zero-order valence-electron chi connectivity index (χ0n) is 3.39. The van der Waals surface area contributed by atoms with E-state index in [1.807, 2.05) is 6.08 Å². The van der Waals surface area contributed by atoms with E-state index >= 15 is 0 Å². The largest absolute Gasteiger partial charge is 0.374 e. The molecule has 0 saturated heterocycles. The maximum absolute atomic E-state index is 8.56. The topological polar surface area (TPSA) is 32.3 Å². The summed E-state index contributed by atoms with van der Waals surface area (Å²) >= 11 is 0. The van der Waals surface area contributed by atoms with Crippen molar-refractivity contribution >= 4 is 0 Å². The highest BCUT2D eigenvalue weighted by molar-refractivity contribution is 4.89. The zero-order chi connectivity index (χ0) is 4.41. The average molecular weight is 85.1 g/mol. The third-order valence-electron chi connectivity index (χ3n) is 0.766. The third-order valence-corrected chi connectivity index (χ3v) is 0.766. The first-order valence-corrected chi connectivity index (χ1v) is 1.99. The van der Waals surface area contributed by atoms with Crippen molar-refractivity contribution < 1.29 is 5.11 Å². The van der Waals surface area contributed by atoms with E-state index in [-0.39, 0.29) is 6.23 Å². The van der Waals surface area contributed by atoms with Gasteiger partial charge in [0.1, 0.15) is 6.23 Å². The van der Waals surface area contributed by atoms with Crippen molar-refractivity contribution in [3.63, 3.8) is 0 Å². The molecule has 2 heteroatoms. The Labute approximate surface area is 36.5 Å². The highest BCUT2D eigenvalue weighted by Gasteiger charge is 1.99. The second-order valence-electron chi connectivity index (χ2n) is 1.32. The fourth-order valence-electron chi connectivity index (χ4n) is 0.444. The molecule has 0 aromatic carbocycles. The molecule has 2 N–H and O–H groups in total. The fourth-order valence-corrected chi connectivity index (χ4v) is 0.444. The van der Waals surface area contributed by atoms with Gasteiger partial charge in [-0.1, -0.05) is 6.08 Å². The minimum atomic E-state index is -0.315. The third kappa shape index (κ3) is 0.518. The molecule has 0 radical (unpaired) electrons. The molecule has 34 valence electrons. The Balaban J connectivity index is 2.32. The Morgan fingerprint density at radius 1 is 1.83 bits per heavy atom. The van der Waals surface area contributed by atoms with E-state index in [2.05, 4.69) is 5.32 Å². The molecule has 1 atom stereocenters. The average Bonchev–Trinajstić information content (AvgIpc) is 1.86. The maximum Gasteiger partial charge on any atom is 0.127 e. The first-order valence-electron chi connectivity index (χ1n) is 1.99. The summed E-state index contributed by atoms with van der Waals surface area (Å²) in [6.07, 6.45) is 4.08. The molecule has 0 aromatic heterocycles. The van der Waals surface area contributed by atoms with Crippen LogP contribution < -0.4 is 5.32 Å². The van der Waals surface area contributed by atoms with Crippen LogP contribution in [0.5, 0.6) is 0 Å². The van der Waals surface area contributed by atoms with Crippen molar-refractivity contribution in [3.05, 3.63) is 12.3 Å². The Kier molecular flexibility index (Phi) is 0.801. The summed E-state index contributed by atoms with van der Waals surface area (Å²) in [5.74, 6) is 0. The lowest BCUT2D eigenvalue weighted by Crippen LogP contribution is -2.16. The van der Waals surface area contributed by atoms with E-state index < -0.39 is 0 Å². The second kappa shape index (κ2) is 1.30. The molecular formula is C4H7NO. The van der Waals surface area contributed by atoms with Gasteiger partial charge in [-0.05, 0) is 6.20 Å². The quantitative estimate of drug-likeness (QED) is 0.427. The Morgan fingerprint density at radius 2 is 2.67 bits per heavy atom. The summed E-state index contributed by atoms with van der Waals surface area (Å²) in [6.45, 7) is 0. The lowest BCUT2D eigenvalue weighted by atomic mass is 10.4. The minimum absolute atomic E-state index is 0.315. The summed E-state index contributed by atoms with van der Waals surface area (Å²) < 4.78 is 0. The Bertz CT molecular complexity index is 61.9. The molecule has 1 heterocycles. The molecular weight excluding hydrogens is 78.0 g/mol. The van der Waals surface area contributed by atoms with E-state index in [0.29, 0.717) is 0 Å². The molecule has 2 nitrogen and oxygen atoms in total. The Morgan fingerprint density at radius 3 is 2.83 bits per heavy atom. The molecule has 0 saturated carbocycles. The minimum Gasteiger partial charge on any atom is -0.374 e. The van der Waals surface area contributed by atoms with Gasteiger partial charge < -0.3 is 10.4 Å². The highest BCUT2D eigenvalue weighted by atomic mass is 16.3. The number of aliphatic hydroxyl groups excluding tert-OH is 1. The van der Waals surface area contributed by atoms with Gasteiger partial charge in [-0.2, -0.15) is 0 Å². The van der Waals surface area contributed by atoms with Gasteiger partial charge >= 0.3 is 0 Å². The first kappa shape index (κ1) is 3.68. The number of nitrogens with one attached hydrogen (secondary N) is 1. The summed E-state index contributed by atoms with van der Waals surface area (Å²) in [5, 5.41) is 11.2. The predicted octanol–water partition coefficient (Wildman–Crippen LogP) is -0.188. The number of rotatable bonds is 0. The SMILES string of the molecule is OC1CC=CN1. The molecule has 0 aromatic rings. The fraction of sp³-hybridized carbons (Fsp3) is 0.500. The van der Waals surface area contributed by atoms with Crippen LogP contribution in [0.3, 0.4) is 0 Å². The van der Waals surface area contributed by atoms with Crippen LogP contribution in [-0.2, 0) is 0 Å². The lowest BCUT2D eigenvalue weighted by molar-refractivity contribution is 0.166. The van der Waals surface area contributed by atoms with Crippen molar-refractivity contribution in [1.82, 2.24) is 5.32 Å². The summed E-state index contributed by atoms with van der Waals surface area (Å²) in [6, 6.07) is 0. The van der Waals surface area contributed by atoms with Gasteiger partial charge in [0, 0.05) is 6.42 Å². The van der Waals surface area contributed by atoms with Gasteiger partial charge in [0.25, 0.3) is 0 Å². The maximum atomic E-state index is 8.56. The van der Waals surface area contributed by atoms with Crippen LogP contribution in [0.2, 0.25) is 0 Å². The van der Waals surface area contributed by atoms with Crippen molar-refractivity contribution in [2.45, 2.75) is 12.6 Å². The molecule has 1 aliphatic heterocycles. The molecule has 0 amide bonds. The van der Waals surface area contributed by atoms with Crippen LogP contribution in [0.4, 0.5) is 0 Å². The monoisotopic (exact) mass is 85.1 g/mol. The first-order chi connectivity index (χ1) is 2.89. The summed E-state index contributed by atoms with van der Waals surface area (Å²) in [7, 11) is 0. The van der Waals surface area contributed by atoms with Crippen LogP contribution in [0.25, 0.3) is 0 Å². The van der Waals surface area contributed by atoms with Gasteiger partial charge in [-0.25, -0.2) is 0 Å². The van der Waals surface area contributed by atoms with Gasteiger partial charge in [0.15, 0.2) is 0 Å². The molecule has 1 unspecified atom stereocenters.